The van der Waals surface area contributed by atoms with Crippen LogP contribution in [0.1, 0.15) is 63.7 Å². The van der Waals surface area contributed by atoms with Crippen molar-refractivity contribution in [2.75, 3.05) is 10.6 Å². The molecule has 252 valence electrons. The maximum absolute atomic E-state index is 13.4. The van der Waals surface area contributed by atoms with Crippen molar-refractivity contribution in [3.63, 3.8) is 0 Å². The lowest BCUT2D eigenvalue weighted by atomic mass is 9.87. The molecule has 0 radical (unpaired) electrons. The van der Waals surface area contributed by atoms with E-state index >= 15 is 0 Å². The molecule has 10 heteroatoms. The molecular formula is C43H24N4O4S2. The number of carbonyl (C=O) groups is 4. The Morgan fingerprint density at radius 3 is 1.28 bits per heavy atom. The van der Waals surface area contributed by atoms with Gasteiger partial charge in [-0.1, -0.05) is 72.8 Å². The Labute approximate surface area is 310 Å². The minimum Gasteiger partial charge on any atom is -0.322 e. The van der Waals surface area contributed by atoms with Gasteiger partial charge in [0.15, 0.2) is 11.6 Å². The summed E-state index contributed by atoms with van der Waals surface area (Å²) in [6.07, 6.45) is 0.658. The van der Waals surface area contributed by atoms with Crippen molar-refractivity contribution in [2.24, 2.45) is 0 Å². The molecule has 0 saturated carbocycles. The maximum Gasteiger partial charge on any atom is 0.257 e. The smallest absolute Gasteiger partial charge is 0.257 e. The van der Waals surface area contributed by atoms with Gasteiger partial charge in [0.1, 0.15) is 0 Å². The number of anilines is 2. The van der Waals surface area contributed by atoms with Gasteiger partial charge in [-0.05, 0) is 89.1 Å². The van der Waals surface area contributed by atoms with Gasteiger partial charge in [0.25, 0.3) is 11.8 Å². The molecule has 0 atom stereocenters. The molecule has 10 rings (SSSR count). The van der Waals surface area contributed by atoms with Crippen molar-refractivity contribution in [2.45, 2.75) is 6.42 Å². The molecule has 8 nitrogen and oxygen atoms in total. The van der Waals surface area contributed by atoms with Crippen LogP contribution in [-0.2, 0) is 6.42 Å². The van der Waals surface area contributed by atoms with Crippen LogP contribution in [0.2, 0.25) is 0 Å². The summed E-state index contributed by atoms with van der Waals surface area (Å²) < 4.78 is 10.7. The monoisotopic (exact) mass is 724 g/mol. The normalized spacial score (nSPS) is 12.5. The number of nitrogens with zero attached hydrogens (tertiary/aromatic N) is 2. The molecule has 0 fully saturated rings. The highest BCUT2D eigenvalue weighted by Gasteiger charge is 2.31. The van der Waals surface area contributed by atoms with Crippen LogP contribution in [0.15, 0.2) is 121 Å². The fourth-order valence-corrected chi connectivity index (χ4v) is 9.17. The quantitative estimate of drug-likeness (QED) is 0.176. The minimum absolute atomic E-state index is 0.0563. The number of aromatic nitrogens is 2. The highest BCUT2D eigenvalue weighted by atomic mass is 32.1. The molecule has 2 amide bonds. The predicted molar refractivity (Wildman–Crippen MR) is 209 cm³/mol. The zero-order chi connectivity index (χ0) is 35.8. The van der Waals surface area contributed by atoms with E-state index in [1.54, 1.807) is 24.3 Å². The van der Waals surface area contributed by atoms with Gasteiger partial charge in [-0.25, -0.2) is 0 Å². The average molecular weight is 725 g/mol. The zero-order valence-electron chi connectivity index (χ0n) is 27.6. The first-order chi connectivity index (χ1) is 25.9. The van der Waals surface area contributed by atoms with Crippen molar-refractivity contribution in [3.8, 4) is 22.5 Å². The van der Waals surface area contributed by atoms with Crippen LogP contribution < -0.4 is 10.6 Å². The molecule has 2 aliphatic carbocycles. The molecule has 8 aromatic rings. The lowest BCUT2D eigenvalue weighted by molar-refractivity contribution is 0.102. The molecule has 2 aliphatic rings. The largest absolute Gasteiger partial charge is 0.322 e. The number of nitrogens with one attached hydrogen (secondary N) is 2. The number of ketones is 2. The standard InChI is InChI=1S/C43H24N4O4S2/c48-38-28-7-3-1-5-26(28)36-34-30(38)17-19-32(40(34)52-46-36)42(50)44-24-13-9-22(10-14-24)21-23-11-15-25(16-12-23)45-43(51)33-20-18-31-35-37(47-53-41(33)35)27-6-2-4-8-29(27)39(31)49/h1-20H,21H2,(H,44,50)(H,45,51). The second-order valence-electron chi connectivity index (χ2n) is 13.0. The topological polar surface area (TPSA) is 118 Å². The van der Waals surface area contributed by atoms with Gasteiger partial charge in [-0.3, -0.25) is 19.2 Å². The van der Waals surface area contributed by atoms with Crippen LogP contribution in [0, 0.1) is 0 Å². The molecule has 2 heterocycles. The highest BCUT2D eigenvalue weighted by molar-refractivity contribution is 7.14. The van der Waals surface area contributed by atoms with E-state index in [1.807, 2.05) is 97.1 Å². The number of carbonyl (C=O) groups excluding carboxylic acids is 4. The van der Waals surface area contributed by atoms with E-state index in [4.69, 9.17) is 0 Å². The fourth-order valence-electron chi connectivity index (χ4n) is 7.31. The molecule has 0 saturated heterocycles. The molecular weight excluding hydrogens is 701 g/mol. The van der Waals surface area contributed by atoms with E-state index in [9.17, 15) is 19.2 Å². The van der Waals surface area contributed by atoms with Crippen molar-refractivity contribution >= 4 is 78.0 Å². The first-order valence-corrected chi connectivity index (χ1v) is 18.4. The number of fused-ring (bicyclic) bond motifs is 4. The average Bonchev–Trinajstić information content (AvgIpc) is 3.84. The van der Waals surface area contributed by atoms with Crippen LogP contribution in [-0.4, -0.2) is 32.1 Å². The van der Waals surface area contributed by atoms with E-state index in [0.29, 0.717) is 60.6 Å². The van der Waals surface area contributed by atoms with E-state index in [-0.39, 0.29) is 23.4 Å². The Hall–Kier alpha value is -6.62. The number of hydrogen-bond acceptors (Lipinski definition) is 8. The Morgan fingerprint density at radius 1 is 0.472 bits per heavy atom. The van der Waals surface area contributed by atoms with Crippen molar-refractivity contribution in [1.29, 1.82) is 0 Å². The number of benzene rings is 6. The molecule has 2 N–H and O–H groups in total. The van der Waals surface area contributed by atoms with Gasteiger partial charge in [0.05, 0.1) is 31.9 Å². The van der Waals surface area contributed by atoms with Crippen LogP contribution in [0.5, 0.6) is 0 Å². The maximum atomic E-state index is 13.4. The van der Waals surface area contributed by atoms with Crippen LogP contribution in [0.4, 0.5) is 11.4 Å². The summed E-state index contributed by atoms with van der Waals surface area (Å²) >= 11 is 2.47. The van der Waals surface area contributed by atoms with Gasteiger partial charge in [-0.2, -0.15) is 8.75 Å². The molecule has 2 aromatic heterocycles. The Kier molecular flexibility index (Phi) is 7.04. The summed E-state index contributed by atoms with van der Waals surface area (Å²) in [6.45, 7) is 0. The summed E-state index contributed by atoms with van der Waals surface area (Å²) in [5.74, 6) is -0.644. The predicted octanol–water partition coefficient (Wildman–Crippen LogP) is 9.42. The molecule has 0 spiro atoms. The third kappa shape index (κ3) is 4.95. The zero-order valence-corrected chi connectivity index (χ0v) is 29.2. The fraction of sp³-hybridized carbons (Fsp3) is 0.0233. The number of hydrogen-bond donors (Lipinski definition) is 2. The van der Waals surface area contributed by atoms with Gasteiger partial charge in [-0.15, -0.1) is 0 Å². The summed E-state index contributed by atoms with van der Waals surface area (Å²) in [6, 6.07) is 37.1. The van der Waals surface area contributed by atoms with Crippen molar-refractivity contribution in [3.05, 3.63) is 166 Å². The van der Waals surface area contributed by atoms with E-state index < -0.39 is 0 Å². The number of amides is 2. The summed E-state index contributed by atoms with van der Waals surface area (Å²) in [5.41, 5.74) is 9.84. The minimum atomic E-state index is -0.266. The molecule has 6 aromatic carbocycles. The van der Waals surface area contributed by atoms with E-state index in [0.717, 1.165) is 44.4 Å². The highest BCUT2D eigenvalue weighted by Crippen LogP contribution is 2.43. The van der Waals surface area contributed by atoms with Gasteiger partial charge >= 0.3 is 0 Å². The lowest BCUT2D eigenvalue weighted by Gasteiger charge is -2.15. The SMILES string of the molecule is O=C(Nc1ccc(Cc2ccc(NC(=O)c3ccc4c5c(nsc35)-c3ccccc3C4=O)cc2)cc1)c1ccc2c3c(nsc13)-c1ccccc1C2=O. The second kappa shape index (κ2) is 12.0. The number of rotatable bonds is 6. The lowest BCUT2D eigenvalue weighted by Crippen LogP contribution is -2.14. The second-order valence-corrected chi connectivity index (χ2v) is 14.6. The summed E-state index contributed by atoms with van der Waals surface area (Å²) in [7, 11) is 0. The van der Waals surface area contributed by atoms with Gasteiger partial charge in [0, 0.05) is 55.5 Å². The molecule has 53 heavy (non-hydrogen) atoms. The van der Waals surface area contributed by atoms with Crippen molar-refractivity contribution in [1.82, 2.24) is 8.75 Å². The third-order valence-corrected chi connectivity index (χ3v) is 11.7. The third-order valence-electron chi connectivity index (χ3n) is 9.91. The Balaban J connectivity index is 0.817. The first kappa shape index (κ1) is 31.1. The van der Waals surface area contributed by atoms with Crippen LogP contribution in [0.25, 0.3) is 42.7 Å². The summed E-state index contributed by atoms with van der Waals surface area (Å²) in [5, 5.41) is 7.46. The molecule has 0 bridgehead atoms. The first-order valence-electron chi connectivity index (χ1n) is 16.9. The Bertz CT molecular complexity index is 2690. The summed E-state index contributed by atoms with van der Waals surface area (Å²) in [4.78, 5) is 53.3. The Morgan fingerprint density at radius 2 is 0.868 bits per heavy atom. The van der Waals surface area contributed by atoms with Crippen LogP contribution in [0.3, 0.4) is 0 Å². The van der Waals surface area contributed by atoms with Gasteiger partial charge < -0.3 is 10.6 Å². The molecule has 0 unspecified atom stereocenters. The van der Waals surface area contributed by atoms with E-state index in [2.05, 4.69) is 19.4 Å². The molecule has 0 aliphatic heterocycles. The van der Waals surface area contributed by atoms with Crippen LogP contribution >= 0.6 is 23.1 Å². The van der Waals surface area contributed by atoms with Crippen molar-refractivity contribution < 1.29 is 19.2 Å². The van der Waals surface area contributed by atoms with E-state index in [1.165, 1.54) is 23.1 Å². The van der Waals surface area contributed by atoms with Gasteiger partial charge in [0.2, 0.25) is 0 Å².